The Hall–Kier alpha value is -3.61. The lowest BCUT2D eigenvalue weighted by atomic mass is 9.85. The predicted octanol–water partition coefficient (Wildman–Crippen LogP) is 4.57. The maximum absolute atomic E-state index is 11.4. The molecule has 7 nitrogen and oxygen atoms in total. The molecule has 2 aromatic carbocycles. The minimum Gasteiger partial charge on any atom is -0.481 e. The summed E-state index contributed by atoms with van der Waals surface area (Å²) in [5, 5.41) is 12.7. The lowest BCUT2D eigenvalue weighted by Crippen LogP contribution is -2.31. The Balaban J connectivity index is 1.55. The summed E-state index contributed by atoms with van der Waals surface area (Å²) in [6, 6.07) is 17.2. The molecule has 30 heavy (non-hydrogen) atoms. The Bertz CT molecular complexity index is 1010. The smallest absolute Gasteiger partial charge is 0.306 e. The standard InChI is InChI=1S/C23H24N4O3/c24-21-20(15-9-11-19(12-10-15)30-18-7-2-1-3-8-18)22(26-14-25-21)27-17-6-4-5-16(13-17)23(28)29/h1-3,7-12,14,16-17H,4-6,13H2,(H,28,29)(H3,24,25,26,27)/t16-,17-/m1/s1. The molecule has 4 rings (SSSR count). The molecule has 154 valence electrons. The number of ether oxygens (including phenoxy) is 1. The summed E-state index contributed by atoms with van der Waals surface area (Å²) in [7, 11) is 0. The average molecular weight is 404 g/mol. The van der Waals surface area contributed by atoms with Crippen LogP contribution < -0.4 is 15.8 Å². The summed E-state index contributed by atoms with van der Waals surface area (Å²) in [5.41, 5.74) is 7.75. The molecule has 0 radical (unpaired) electrons. The summed E-state index contributed by atoms with van der Waals surface area (Å²) in [6.45, 7) is 0. The van der Waals surface area contributed by atoms with Crippen molar-refractivity contribution < 1.29 is 14.6 Å². The molecule has 0 spiro atoms. The fraction of sp³-hybridized carbons (Fsp3) is 0.261. The fourth-order valence-corrected chi connectivity index (χ4v) is 3.85. The number of nitrogens with two attached hydrogens (primary N) is 1. The number of hydrogen-bond acceptors (Lipinski definition) is 6. The third-order valence-corrected chi connectivity index (χ3v) is 5.36. The first kappa shape index (κ1) is 19.7. The van der Waals surface area contributed by atoms with Gasteiger partial charge in [-0.25, -0.2) is 9.97 Å². The second kappa shape index (κ2) is 8.82. The largest absolute Gasteiger partial charge is 0.481 e. The number of rotatable bonds is 6. The SMILES string of the molecule is Nc1ncnc(N[C@@H]2CCC[C@@H](C(=O)O)C2)c1-c1ccc(Oc2ccccc2)cc1. The van der Waals surface area contributed by atoms with Gasteiger partial charge in [0.1, 0.15) is 29.5 Å². The molecule has 1 aliphatic carbocycles. The Morgan fingerprint density at radius 1 is 1.03 bits per heavy atom. The molecule has 4 N–H and O–H groups in total. The van der Waals surface area contributed by atoms with E-state index < -0.39 is 5.97 Å². The molecule has 0 amide bonds. The van der Waals surface area contributed by atoms with Crippen LogP contribution in [0, 0.1) is 5.92 Å². The van der Waals surface area contributed by atoms with Gasteiger partial charge in [0.15, 0.2) is 0 Å². The molecule has 1 saturated carbocycles. The maximum Gasteiger partial charge on any atom is 0.306 e. The van der Waals surface area contributed by atoms with Crippen LogP contribution in [0.3, 0.4) is 0 Å². The molecule has 1 aromatic heterocycles. The summed E-state index contributed by atoms with van der Waals surface area (Å²) in [5.74, 6) is 1.41. The van der Waals surface area contributed by atoms with E-state index in [4.69, 9.17) is 10.5 Å². The van der Waals surface area contributed by atoms with Crippen LogP contribution in [-0.4, -0.2) is 27.1 Å². The second-order valence-corrected chi connectivity index (χ2v) is 7.47. The van der Waals surface area contributed by atoms with Crippen LogP contribution in [0.2, 0.25) is 0 Å². The Morgan fingerprint density at radius 2 is 1.77 bits per heavy atom. The van der Waals surface area contributed by atoms with E-state index in [0.717, 1.165) is 30.6 Å². The first-order chi connectivity index (χ1) is 14.6. The van der Waals surface area contributed by atoms with E-state index in [1.807, 2.05) is 54.6 Å². The number of nitrogens with zero attached hydrogens (tertiary/aromatic N) is 2. The number of carbonyl (C=O) groups is 1. The van der Waals surface area contributed by atoms with Crippen molar-refractivity contribution in [2.75, 3.05) is 11.1 Å². The number of nitrogen functional groups attached to an aromatic ring is 1. The first-order valence-corrected chi connectivity index (χ1v) is 10.0. The average Bonchev–Trinajstić information content (AvgIpc) is 2.76. The maximum atomic E-state index is 11.4. The van der Waals surface area contributed by atoms with Gasteiger partial charge in [0.2, 0.25) is 0 Å². The number of nitrogens with one attached hydrogen (secondary N) is 1. The van der Waals surface area contributed by atoms with Crippen molar-refractivity contribution in [1.29, 1.82) is 0 Å². The zero-order valence-corrected chi connectivity index (χ0v) is 16.5. The van der Waals surface area contributed by atoms with E-state index in [1.54, 1.807) is 0 Å². The molecular formula is C23H24N4O3. The number of benzene rings is 2. The molecule has 0 aliphatic heterocycles. The summed E-state index contributed by atoms with van der Waals surface area (Å²) in [4.78, 5) is 19.9. The number of anilines is 2. The Labute approximate surface area is 174 Å². The van der Waals surface area contributed by atoms with Gasteiger partial charge in [0.05, 0.1) is 11.5 Å². The topological polar surface area (TPSA) is 110 Å². The van der Waals surface area contributed by atoms with E-state index in [9.17, 15) is 9.90 Å². The second-order valence-electron chi connectivity index (χ2n) is 7.47. The number of hydrogen-bond donors (Lipinski definition) is 3. The van der Waals surface area contributed by atoms with Crippen LogP contribution in [-0.2, 0) is 4.79 Å². The molecule has 3 aromatic rings. The highest BCUT2D eigenvalue weighted by molar-refractivity contribution is 5.83. The first-order valence-electron chi connectivity index (χ1n) is 10.0. The van der Waals surface area contributed by atoms with Crippen LogP contribution in [0.15, 0.2) is 60.9 Å². The fourth-order valence-electron chi connectivity index (χ4n) is 3.85. The van der Waals surface area contributed by atoms with E-state index >= 15 is 0 Å². The van der Waals surface area contributed by atoms with Crippen molar-refractivity contribution in [2.24, 2.45) is 5.92 Å². The number of aromatic nitrogens is 2. The summed E-state index contributed by atoms with van der Waals surface area (Å²) >= 11 is 0. The molecule has 0 bridgehead atoms. The van der Waals surface area contributed by atoms with Crippen molar-refractivity contribution in [3.8, 4) is 22.6 Å². The van der Waals surface area contributed by atoms with Gasteiger partial charge < -0.3 is 20.9 Å². The van der Waals surface area contributed by atoms with Gasteiger partial charge in [-0.2, -0.15) is 0 Å². The molecular weight excluding hydrogens is 380 g/mol. The van der Waals surface area contributed by atoms with Gasteiger partial charge in [-0.1, -0.05) is 36.8 Å². The third kappa shape index (κ3) is 4.51. The zero-order chi connectivity index (χ0) is 20.9. The highest BCUT2D eigenvalue weighted by atomic mass is 16.5. The van der Waals surface area contributed by atoms with Gasteiger partial charge in [0.25, 0.3) is 0 Å². The van der Waals surface area contributed by atoms with Crippen molar-refractivity contribution in [2.45, 2.75) is 31.7 Å². The molecule has 1 aliphatic rings. The minimum absolute atomic E-state index is 0.0357. The lowest BCUT2D eigenvalue weighted by Gasteiger charge is -2.28. The third-order valence-electron chi connectivity index (χ3n) is 5.36. The Kier molecular flexibility index (Phi) is 5.79. The highest BCUT2D eigenvalue weighted by Crippen LogP contribution is 2.35. The molecule has 7 heteroatoms. The zero-order valence-electron chi connectivity index (χ0n) is 16.5. The number of aliphatic carboxylic acids is 1. The normalized spacial score (nSPS) is 18.5. The van der Waals surface area contributed by atoms with Crippen LogP contribution in [0.1, 0.15) is 25.7 Å². The van der Waals surface area contributed by atoms with Gasteiger partial charge in [-0.3, -0.25) is 4.79 Å². The van der Waals surface area contributed by atoms with Gasteiger partial charge in [0, 0.05) is 6.04 Å². The van der Waals surface area contributed by atoms with Crippen molar-refractivity contribution in [3.05, 3.63) is 60.9 Å². The quantitative estimate of drug-likeness (QED) is 0.552. The molecule has 1 heterocycles. The number of para-hydroxylation sites is 1. The summed E-state index contributed by atoms with van der Waals surface area (Å²) in [6.07, 6.45) is 4.48. The van der Waals surface area contributed by atoms with Crippen LogP contribution in [0.4, 0.5) is 11.6 Å². The summed E-state index contributed by atoms with van der Waals surface area (Å²) < 4.78 is 5.85. The van der Waals surface area contributed by atoms with Gasteiger partial charge in [-0.15, -0.1) is 0 Å². The van der Waals surface area contributed by atoms with Crippen LogP contribution >= 0.6 is 0 Å². The number of carboxylic acid groups (broad SMARTS) is 1. The van der Waals surface area contributed by atoms with Crippen molar-refractivity contribution in [3.63, 3.8) is 0 Å². The molecule has 2 atom stereocenters. The van der Waals surface area contributed by atoms with Crippen LogP contribution in [0.25, 0.3) is 11.1 Å². The van der Waals surface area contributed by atoms with Gasteiger partial charge in [-0.05, 0) is 49.1 Å². The lowest BCUT2D eigenvalue weighted by molar-refractivity contribution is -0.142. The van der Waals surface area contributed by atoms with E-state index in [0.29, 0.717) is 29.4 Å². The molecule has 0 saturated heterocycles. The van der Waals surface area contributed by atoms with Crippen molar-refractivity contribution in [1.82, 2.24) is 9.97 Å². The van der Waals surface area contributed by atoms with Crippen molar-refractivity contribution >= 4 is 17.6 Å². The Morgan fingerprint density at radius 3 is 2.50 bits per heavy atom. The van der Waals surface area contributed by atoms with E-state index in [1.165, 1.54) is 6.33 Å². The highest BCUT2D eigenvalue weighted by Gasteiger charge is 2.28. The van der Waals surface area contributed by atoms with Crippen LogP contribution in [0.5, 0.6) is 11.5 Å². The molecule has 1 fully saturated rings. The monoisotopic (exact) mass is 404 g/mol. The van der Waals surface area contributed by atoms with Gasteiger partial charge >= 0.3 is 5.97 Å². The van der Waals surface area contributed by atoms with E-state index in [-0.39, 0.29) is 12.0 Å². The predicted molar refractivity (Wildman–Crippen MR) is 115 cm³/mol. The minimum atomic E-state index is -0.738. The number of carboxylic acids is 1. The van der Waals surface area contributed by atoms with E-state index in [2.05, 4.69) is 15.3 Å². The molecule has 0 unspecified atom stereocenters.